The van der Waals surface area contributed by atoms with Crippen molar-refractivity contribution in [1.29, 1.82) is 0 Å². The zero-order valence-electron chi connectivity index (χ0n) is 7.50. The summed E-state index contributed by atoms with van der Waals surface area (Å²) >= 11 is 0. The molecule has 1 aliphatic carbocycles. The molecule has 0 aromatic heterocycles. The van der Waals surface area contributed by atoms with E-state index in [4.69, 9.17) is 5.11 Å². The van der Waals surface area contributed by atoms with Gasteiger partial charge in [0.2, 0.25) is 0 Å². The number of carboxylic acids is 1. The Labute approximate surface area is 72.5 Å². The minimum absolute atomic E-state index is 0.345. The van der Waals surface area contributed by atoms with Crippen LogP contribution in [0.25, 0.3) is 0 Å². The summed E-state index contributed by atoms with van der Waals surface area (Å²) in [5, 5.41) is 12.0. The first-order valence-corrected chi connectivity index (χ1v) is 4.18. The summed E-state index contributed by atoms with van der Waals surface area (Å²) in [4.78, 5) is 10.8. The molecule has 1 aliphatic rings. The van der Waals surface area contributed by atoms with Gasteiger partial charge >= 0.3 is 5.97 Å². The Kier molecular flexibility index (Phi) is 2.52. The van der Waals surface area contributed by atoms with Crippen molar-refractivity contribution in [3.05, 3.63) is 12.2 Å². The molecule has 0 heterocycles. The molecule has 0 radical (unpaired) electrons. The zero-order chi connectivity index (χ0) is 9.19. The first-order valence-electron chi connectivity index (χ1n) is 4.18. The highest BCUT2D eigenvalue weighted by Crippen LogP contribution is 2.30. The van der Waals surface area contributed by atoms with Crippen LogP contribution >= 0.6 is 0 Å². The normalized spacial score (nSPS) is 35.0. The Bertz CT molecular complexity index is 213. The van der Waals surface area contributed by atoms with Crippen molar-refractivity contribution >= 4 is 5.97 Å². The fourth-order valence-electron chi connectivity index (χ4n) is 1.38. The average molecular weight is 169 g/mol. The van der Waals surface area contributed by atoms with E-state index in [0.29, 0.717) is 12.5 Å². The van der Waals surface area contributed by atoms with Gasteiger partial charge in [0.25, 0.3) is 0 Å². The zero-order valence-corrected chi connectivity index (χ0v) is 7.50. The second kappa shape index (κ2) is 3.27. The minimum Gasteiger partial charge on any atom is -0.481 e. The molecule has 2 unspecified atom stereocenters. The van der Waals surface area contributed by atoms with Gasteiger partial charge in [-0.25, -0.2) is 0 Å². The van der Waals surface area contributed by atoms with Crippen molar-refractivity contribution in [3.8, 4) is 0 Å². The highest BCUT2D eigenvalue weighted by atomic mass is 16.4. The Morgan fingerprint density at radius 3 is 2.75 bits per heavy atom. The van der Waals surface area contributed by atoms with Crippen LogP contribution in [0.5, 0.6) is 0 Å². The summed E-state index contributed by atoms with van der Waals surface area (Å²) in [5.74, 6) is -0.728. The Balaban J connectivity index is 2.69. The third-order valence-electron chi connectivity index (χ3n) is 2.53. The van der Waals surface area contributed by atoms with E-state index in [-0.39, 0.29) is 0 Å². The molecule has 0 aromatic carbocycles. The second-order valence-corrected chi connectivity index (χ2v) is 3.52. The Hall–Kier alpha value is -0.830. The molecule has 2 atom stereocenters. The van der Waals surface area contributed by atoms with Crippen LogP contribution in [0.3, 0.4) is 0 Å². The monoisotopic (exact) mass is 169 g/mol. The Morgan fingerprint density at radius 1 is 1.75 bits per heavy atom. The van der Waals surface area contributed by atoms with Crippen LogP contribution in [0.2, 0.25) is 0 Å². The number of carboxylic acid groups (broad SMARTS) is 1. The van der Waals surface area contributed by atoms with Crippen molar-refractivity contribution in [2.75, 3.05) is 7.05 Å². The van der Waals surface area contributed by atoms with Gasteiger partial charge in [0.1, 0.15) is 0 Å². The van der Waals surface area contributed by atoms with E-state index in [9.17, 15) is 4.79 Å². The van der Waals surface area contributed by atoms with Gasteiger partial charge in [-0.15, -0.1) is 0 Å². The second-order valence-electron chi connectivity index (χ2n) is 3.52. The molecule has 3 nitrogen and oxygen atoms in total. The van der Waals surface area contributed by atoms with E-state index < -0.39 is 11.4 Å². The first-order chi connectivity index (χ1) is 5.58. The summed E-state index contributed by atoms with van der Waals surface area (Å²) < 4.78 is 0. The summed E-state index contributed by atoms with van der Waals surface area (Å²) in [7, 11) is 1.89. The lowest BCUT2D eigenvalue weighted by molar-refractivity contribution is -0.145. The number of nitrogens with one attached hydrogen (secondary N) is 1. The maximum Gasteiger partial charge on any atom is 0.313 e. The van der Waals surface area contributed by atoms with E-state index in [1.807, 2.05) is 13.1 Å². The molecule has 0 amide bonds. The molecule has 1 rings (SSSR count). The quantitative estimate of drug-likeness (QED) is 0.607. The van der Waals surface area contributed by atoms with E-state index >= 15 is 0 Å². The lowest BCUT2D eigenvalue weighted by Crippen LogP contribution is -2.34. The lowest BCUT2D eigenvalue weighted by Gasteiger charge is -2.27. The van der Waals surface area contributed by atoms with Crippen molar-refractivity contribution in [1.82, 2.24) is 5.32 Å². The van der Waals surface area contributed by atoms with E-state index in [0.717, 1.165) is 6.42 Å². The molecule has 0 aliphatic heterocycles. The molecule has 0 spiro atoms. The van der Waals surface area contributed by atoms with Crippen LogP contribution in [0, 0.1) is 5.41 Å². The number of hydrogen-bond acceptors (Lipinski definition) is 2. The van der Waals surface area contributed by atoms with E-state index in [2.05, 4.69) is 5.32 Å². The number of carbonyl (C=O) groups is 1. The third kappa shape index (κ3) is 1.67. The highest BCUT2D eigenvalue weighted by molar-refractivity contribution is 5.76. The largest absolute Gasteiger partial charge is 0.481 e. The standard InChI is InChI=1S/C9H15NO2/c1-9(8(11)12)5-3-7(10-2)4-6-9/h3,5,7,10H,4,6H2,1-2H3,(H,11,12). The van der Waals surface area contributed by atoms with Crippen molar-refractivity contribution in [3.63, 3.8) is 0 Å². The van der Waals surface area contributed by atoms with Gasteiger partial charge in [0, 0.05) is 6.04 Å². The SMILES string of the molecule is CNC1C=CC(C)(C(=O)O)CC1. The average Bonchev–Trinajstić information content (AvgIpc) is 2.06. The van der Waals surface area contributed by atoms with Gasteiger partial charge in [-0.3, -0.25) is 4.79 Å². The lowest BCUT2D eigenvalue weighted by atomic mass is 9.79. The molecule has 2 N–H and O–H groups in total. The summed E-state index contributed by atoms with van der Waals surface area (Å²) in [6.45, 7) is 1.76. The van der Waals surface area contributed by atoms with Crippen LogP contribution in [0.15, 0.2) is 12.2 Å². The predicted octanol–water partition coefficient (Wildman–Crippen LogP) is 1.02. The summed E-state index contributed by atoms with van der Waals surface area (Å²) in [6.07, 6.45) is 5.35. The Morgan fingerprint density at radius 2 is 2.42 bits per heavy atom. The highest BCUT2D eigenvalue weighted by Gasteiger charge is 2.32. The van der Waals surface area contributed by atoms with Crippen LogP contribution in [0.1, 0.15) is 19.8 Å². The molecular formula is C9H15NO2. The summed E-state index contributed by atoms with van der Waals surface area (Å²) in [6, 6.07) is 0.345. The van der Waals surface area contributed by atoms with Crippen molar-refractivity contribution in [2.24, 2.45) is 5.41 Å². The van der Waals surface area contributed by atoms with Crippen molar-refractivity contribution in [2.45, 2.75) is 25.8 Å². The minimum atomic E-state index is -0.728. The van der Waals surface area contributed by atoms with Gasteiger partial charge < -0.3 is 10.4 Å². The number of aliphatic carboxylic acids is 1. The molecule has 0 saturated carbocycles. The van der Waals surface area contributed by atoms with Crippen LogP contribution in [-0.4, -0.2) is 24.2 Å². The first kappa shape index (κ1) is 9.26. The predicted molar refractivity (Wildman–Crippen MR) is 47.0 cm³/mol. The third-order valence-corrected chi connectivity index (χ3v) is 2.53. The fraction of sp³-hybridized carbons (Fsp3) is 0.667. The number of hydrogen-bond donors (Lipinski definition) is 2. The van der Waals surface area contributed by atoms with Gasteiger partial charge in [-0.05, 0) is 26.8 Å². The molecule has 0 saturated heterocycles. The smallest absolute Gasteiger partial charge is 0.313 e. The number of likely N-dealkylation sites (N-methyl/N-ethyl adjacent to an activating group) is 1. The van der Waals surface area contributed by atoms with Gasteiger partial charge in [0.15, 0.2) is 0 Å². The van der Waals surface area contributed by atoms with Crippen LogP contribution in [-0.2, 0) is 4.79 Å². The van der Waals surface area contributed by atoms with Crippen molar-refractivity contribution < 1.29 is 9.90 Å². The molecule has 3 heteroatoms. The van der Waals surface area contributed by atoms with Gasteiger partial charge in [0.05, 0.1) is 5.41 Å². The maximum absolute atomic E-state index is 10.8. The van der Waals surface area contributed by atoms with E-state index in [1.54, 1.807) is 13.0 Å². The fourth-order valence-corrected chi connectivity index (χ4v) is 1.38. The molecule has 12 heavy (non-hydrogen) atoms. The molecule has 0 bridgehead atoms. The van der Waals surface area contributed by atoms with Gasteiger partial charge in [-0.2, -0.15) is 0 Å². The van der Waals surface area contributed by atoms with Crippen LogP contribution in [0.4, 0.5) is 0 Å². The molecule has 0 fully saturated rings. The van der Waals surface area contributed by atoms with Gasteiger partial charge in [-0.1, -0.05) is 12.2 Å². The van der Waals surface area contributed by atoms with E-state index in [1.165, 1.54) is 0 Å². The molecule has 68 valence electrons. The summed E-state index contributed by atoms with van der Waals surface area (Å²) in [5.41, 5.74) is -0.645. The number of rotatable bonds is 2. The van der Waals surface area contributed by atoms with Crippen LogP contribution < -0.4 is 5.32 Å². The maximum atomic E-state index is 10.8. The molecule has 0 aromatic rings. The molecular weight excluding hydrogens is 154 g/mol. The topological polar surface area (TPSA) is 49.3 Å².